The number of aromatic amines is 2. The average Bonchev–Trinajstić information content (AvgIpc) is 2.30. The number of aliphatic imine (C=N–C) groups is 1. The predicted molar refractivity (Wildman–Crippen MR) is 63.3 cm³/mol. The van der Waals surface area contributed by atoms with Gasteiger partial charge in [-0.3, -0.25) is 14.8 Å². The Morgan fingerprint density at radius 3 is 2.35 bits per heavy atom. The van der Waals surface area contributed by atoms with Gasteiger partial charge in [0.1, 0.15) is 0 Å². The molecule has 2 N–H and O–H groups in total. The molecule has 1 fully saturated rings. The smallest absolute Gasteiger partial charge is 0.290 e. The lowest BCUT2D eigenvalue weighted by Gasteiger charge is -2.11. The lowest BCUT2D eigenvalue weighted by molar-refractivity contribution is 0.666. The molecule has 0 bridgehead atoms. The Morgan fingerprint density at radius 1 is 1.00 bits per heavy atom. The Morgan fingerprint density at radius 2 is 1.71 bits per heavy atom. The number of aromatic nitrogens is 2. The molecule has 1 aromatic heterocycles. The number of hydrogen-bond donors (Lipinski definition) is 2. The van der Waals surface area contributed by atoms with Crippen molar-refractivity contribution in [3.63, 3.8) is 0 Å². The fraction of sp³-hybridized carbons (Fsp3) is 0.500. The minimum Gasteiger partial charge on any atom is -0.290 e. The van der Waals surface area contributed by atoms with Crippen molar-refractivity contribution in [3.8, 4) is 0 Å². The van der Waals surface area contributed by atoms with Crippen LogP contribution >= 0.6 is 0 Å². The van der Waals surface area contributed by atoms with E-state index in [9.17, 15) is 14.5 Å². The standard InChI is InChI=1S/C10H12N4O3/c15-9-7(14-17)8(12-10(16)13-9)11-6-4-2-1-3-5-6/h1-5H2,(H2,12,13,15,16). The first-order valence-corrected chi connectivity index (χ1v) is 5.47. The Bertz CT molecular complexity index is 562. The van der Waals surface area contributed by atoms with Gasteiger partial charge in [-0.15, -0.1) is 4.91 Å². The van der Waals surface area contributed by atoms with E-state index in [0.717, 1.165) is 37.8 Å². The molecule has 1 aliphatic rings. The van der Waals surface area contributed by atoms with Gasteiger partial charge < -0.3 is 0 Å². The van der Waals surface area contributed by atoms with Gasteiger partial charge >= 0.3 is 5.69 Å². The summed E-state index contributed by atoms with van der Waals surface area (Å²) >= 11 is 0. The molecule has 0 spiro atoms. The van der Waals surface area contributed by atoms with Crippen molar-refractivity contribution in [1.82, 2.24) is 9.97 Å². The quantitative estimate of drug-likeness (QED) is 0.759. The Balaban J connectivity index is 2.47. The Labute approximate surface area is 96.0 Å². The molecule has 0 aliphatic heterocycles. The van der Waals surface area contributed by atoms with Crippen LogP contribution in [0.5, 0.6) is 0 Å². The molecule has 17 heavy (non-hydrogen) atoms. The molecular formula is C10H12N4O3. The average molecular weight is 236 g/mol. The van der Waals surface area contributed by atoms with Crippen LogP contribution in [0.25, 0.3) is 0 Å². The van der Waals surface area contributed by atoms with Crippen LogP contribution in [0, 0.1) is 4.91 Å². The summed E-state index contributed by atoms with van der Waals surface area (Å²) in [5.41, 5.74) is -0.971. The van der Waals surface area contributed by atoms with Crippen LogP contribution in [0.1, 0.15) is 32.1 Å². The minimum absolute atomic E-state index is 0.0364. The molecule has 0 radical (unpaired) electrons. The maximum Gasteiger partial charge on any atom is 0.327 e. The van der Waals surface area contributed by atoms with Crippen LogP contribution in [0.4, 0.5) is 11.5 Å². The summed E-state index contributed by atoms with van der Waals surface area (Å²) in [6.07, 6.45) is 4.89. The van der Waals surface area contributed by atoms with Crippen LogP contribution in [0.2, 0.25) is 0 Å². The third-order valence-corrected chi connectivity index (χ3v) is 2.69. The zero-order valence-electron chi connectivity index (χ0n) is 9.15. The van der Waals surface area contributed by atoms with Crippen molar-refractivity contribution >= 4 is 17.2 Å². The van der Waals surface area contributed by atoms with Gasteiger partial charge in [0.15, 0.2) is 5.82 Å². The van der Waals surface area contributed by atoms with Gasteiger partial charge in [0.05, 0.1) is 0 Å². The highest BCUT2D eigenvalue weighted by Gasteiger charge is 2.12. The largest absolute Gasteiger partial charge is 0.327 e. The highest BCUT2D eigenvalue weighted by atomic mass is 16.3. The summed E-state index contributed by atoms with van der Waals surface area (Å²) < 4.78 is 0. The van der Waals surface area contributed by atoms with Crippen molar-refractivity contribution in [1.29, 1.82) is 0 Å². The van der Waals surface area contributed by atoms with Gasteiger partial charge in [-0.1, -0.05) is 6.42 Å². The van der Waals surface area contributed by atoms with E-state index < -0.39 is 11.2 Å². The predicted octanol–water partition coefficient (Wildman–Crippen LogP) is 1.50. The highest BCUT2D eigenvalue weighted by molar-refractivity contribution is 5.88. The second kappa shape index (κ2) is 4.86. The second-order valence-electron chi connectivity index (χ2n) is 3.94. The molecule has 0 unspecified atom stereocenters. The maximum absolute atomic E-state index is 11.3. The fourth-order valence-electron chi connectivity index (χ4n) is 1.86. The van der Waals surface area contributed by atoms with E-state index in [4.69, 9.17) is 0 Å². The summed E-state index contributed by atoms with van der Waals surface area (Å²) in [6.45, 7) is 0. The molecule has 7 nitrogen and oxygen atoms in total. The van der Waals surface area contributed by atoms with E-state index in [1.54, 1.807) is 0 Å². The maximum atomic E-state index is 11.3. The summed E-state index contributed by atoms with van der Waals surface area (Å²) in [4.78, 5) is 41.3. The first-order valence-electron chi connectivity index (χ1n) is 5.47. The molecule has 7 heteroatoms. The monoisotopic (exact) mass is 236 g/mol. The summed E-state index contributed by atoms with van der Waals surface area (Å²) in [5, 5.41) is 2.61. The molecule has 2 rings (SSSR count). The zero-order chi connectivity index (χ0) is 12.3. The van der Waals surface area contributed by atoms with Gasteiger partial charge in [-0.2, -0.15) is 0 Å². The van der Waals surface area contributed by atoms with E-state index >= 15 is 0 Å². The Kier molecular flexibility index (Phi) is 3.27. The van der Waals surface area contributed by atoms with Crippen LogP contribution in [-0.2, 0) is 0 Å². The van der Waals surface area contributed by atoms with E-state index in [1.165, 1.54) is 0 Å². The summed E-state index contributed by atoms with van der Waals surface area (Å²) in [5.74, 6) is -0.0364. The first kappa shape index (κ1) is 11.4. The second-order valence-corrected chi connectivity index (χ2v) is 3.94. The molecule has 90 valence electrons. The molecule has 0 amide bonds. The summed E-state index contributed by atoms with van der Waals surface area (Å²) in [7, 11) is 0. The van der Waals surface area contributed by atoms with Crippen molar-refractivity contribution in [2.75, 3.05) is 0 Å². The lowest BCUT2D eigenvalue weighted by atomic mass is 9.98. The molecular weight excluding hydrogens is 224 g/mol. The minimum atomic E-state index is -0.807. The van der Waals surface area contributed by atoms with Crippen molar-refractivity contribution in [2.24, 2.45) is 10.2 Å². The van der Waals surface area contributed by atoms with E-state index in [-0.39, 0.29) is 11.5 Å². The van der Waals surface area contributed by atoms with Gasteiger partial charge in [0, 0.05) is 5.71 Å². The number of hydrogen-bond acceptors (Lipinski definition) is 5. The van der Waals surface area contributed by atoms with Crippen LogP contribution in [0.15, 0.2) is 19.8 Å². The van der Waals surface area contributed by atoms with Crippen molar-refractivity contribution in [2.45, 2.75) is 32.1 Å². The lowest BCUT2D eigenvalue weighted by Crippen LogP contribution is -2.21. The fourth-order valence-corrected chi connectivity index (χ4v) is 1.86. The zero-order valence-corrected chi connectivity index (χ0v) is 9.15. The third kappa shape index (κ3) is 2.55. The van der Waals surface area contributed by atoms with Crippen LogP contribution in [-0.4, -0.2) is 15.7 Å². The van der Waals surface area contributed by atoms with Crippen LogP contribution in [0.3, 0.4) is 0 Å². The molecule has 1 aromatic rings. The first-order chi connectivity index (χ1) is 8.20. The Hall–Kier alpha value is -2.05. The molecule has 0 atom stereocenters. The number of nitrogens with zero attached hydrogens (tertiary/aromatic N) is 2. The van der Waals surface area contributed by atoms with Gasteiger partial charge in [0.2, 0.25) is 5.69 Å². The van der Waals surface area contributed by atoms with E-state index in [2.05, 4.69) is 15.2 Å². The summed E-state index contributed by atoms with van der Waals surface area (Å²) in [6, 6.07) is 0. The topological polar surface area (TPSA) is 108 Å². The molecule has 1 saturated carbocycles. The molecule has 1 heterocycles. The van der Waals surface area contributed by atoms with Gasteiger partial charge in [-0.05, 0) is 30.9 Å². The molecule has 1 aliphatic carbocycles. The number of nitrogens with one attached hydrogen (secondary N) is 2. The van der Waals surface area contributed by atoms with E-state index in [1.807, 2.05) is 4.98 Å². The normalized spacial score (nSPS) is 15.6. The van der Waals surface area contributed by atoms with Crippen molar-refractivity contribution < 1.29 is 0 Å². The number of nitroso groups, excluding NO2 is 1. The SMILES string of the molecule is O=Nc1c(N=C2CCCCC2)[nH]c(=O)[nH]c1=O. The number of rotatable bonds is 2. The van der Waals surface area contributed by atoms with Gasteiger partial charge in [0.25, 0.3) is 5.56 Å². The van der Waals surface area contributed by atoms with Crippen molar-refractivity contribution in [3.05, 3.63) is 25.7 Å². The third-order valence-electron chi connectivity index (χ3n) is 2.69. The van der Waals surface area contributed by atoms with Gasteiger partial charge in [-0.25, -0.2) is 9.79 Å². The molecule has 0 saturated heterocycles. The van der Waals surface area contributed by atoms with Crippen LogP contribution < -0.4 is 11.2 Å². The molecule has 0 aromatic carbocycles. The number of H-pyrrole nitrogens is 2. The van der Waals surface area contributed by atoms with E-state index in [0.29, 0.717) is 0 Å². The highest BCUT2D eigenvalue weighted by Crippen LogP contribution is 2.22.